The van der Waals surface area contributed by atoms with Crippen LogP contribution in [0.25, 0.3) is 0 Å². The molecule has 0 fully saturated rings. The van der Waals surface area contributed by atoms with Crippen molar-refractivity contribution in [1.82, 2.24) is 5.43 Å². The van der Waals surface area contributed by atoms with Gasteiger partial charge in [0, 0.05) is 41.9 Å². The van der Waals surface area contributed by atoms with Crippen LogP contribution in [0.1, 0.15) is 24.0 Å². The lowest BCUT2D eigenvalue weighted by Gasteiger charge is -2.11. The smallest absolute Gasteiger partial charge is 0.240 e. The van der Waals surface area contributed by atoms with E-state index in [1.54, 1.807) is 6.21 Å². The van der Waals surface area contributed by atoms with Crippen LogP contribution in [0.5, 0.6) is 0 Å². The van der Waals surface area contributed by atoms with Crippen molar-refractivity contribution in [3.8, 4) is 0 Å². The zero-order valence-corrected chi connectivity index (χ0v) is 17.8. The van der Waals surface area contributed by atoms with Crippen LogP contribution in [0, 0.1) is 10.5 Å². The fourth-order valence-electron chi connectivity index (χ4n) is 2.30. The predicted octanol–water partition coefficient (Wildman–Crippen LogP) is 3.53. The standard InChI is InChI=1S/C20H23IN4O2/c1-14-12-16(21)6-9-18(14)23-19(26)10-11-20(27)24-22-13-15-4-7-17(8-5-15)25(2)3/h4-9,12-13H,10-11H2,1-3H3,(H,23,26)(H,24,27)/b22-13+. The molecule has 0 saturated carbocycles. The van der Waals surface area contributed by atoms with E-state index in [9.17, 15) is 9.59 Å². The molecule has 0 saturated heterocycles. The summed E-state index contributed by atoms with van der Waals surface area (Å²) >= 11 is 2.22. The predicted molar refractivity (Wildman–Crippen MR) is 118 cm³/mol. The molecule has 2 rings (SSSR count). The maximum Gasteiger partial charge on any atom is 0.240 e. The number of hydrogen-bond donors (Lipinski definition) is 2. The molecule has 0 heterocycles. The van der Waals surface area contributed by atoms with E-state index in [0.29, 0.717) is 0 Å². The molecule has 2 N–H and O–H groups in total. The van der Waals surface area contributed by atoms with Gasteiger partial charge in [0.1, 0.15) is 0 Å². The van der Waals surface area contributed by atoms with Crippen molar-refractivity contribution in [3.63, 3.8) is 0 Å². The highest BCUT2D eigenvalue weighted by Gasteiger charge is 2.08. The van der Waals surface area contributed by atoms with Gasteiger partial charge in [-0.1, -0.05) is 12.1 Å². The van der Waals surface area contributed by atoms with Crippen LogP contribution in [-0.2, 0) is 9.59 Å². The lowest BCUT2D eigenvalue weighted by Crippen LogP contribution is -2.20. The molecule has 0 spiro atoms. The Morgan fingerprint density at radius 2 is 1.74 bits per heavy atom. The SMILES string of the molecule is Cc1cc(I)ccc1NC(=O)CCC(=O)N/N=C/c1ccc(N(C)C)cc1. The molecule has 6 nitrogen and oxygen atoms in total. The highest BCUT2D eigenvalue weighted by Crippen LogP contribution is 2.18. The van der Waals surface area contributed by atoms with Gasteiger partial charge in [0.15, 0.2) is 0 Å². The second kappa shape index (κ2) is 10.1. The number of halogens is 1. The van der Waals surface area contributed by atoms with Crippen LogP contribution in [0.4, 0.5) is 11.4 Å². The van der Waals surface area contributed by atoms with Crippen LogP contribution in [-0.4, -0.2) is 32.1 Å². The summed E-state index contributed by atoms with van der Waals surface area (Å²) in [7, 11) is 3.94. The lowest BCUT2D eigenvalue weighted by atomic mass is 10.2. The lowest BCUT2D eigenvalue weighted by molar-refractivity contribution is -0.124. The molecule has 0 aliphatic carbocycles. The molecule has 0 atom stereocenters. The first-order valence-corrected chi connectivity index (χ1v) is 9.58. The van der Waals surface area contributed by atoms with Gasteiger partial charge in [0.2, 0.25) is 11.8 Å². The summed E-state index contributed by atoms with van der Waals surface area (Å²) < 4.78 is 1.11. The zero-order valence-electron chi connectivity index (χ0n) is 15.6. The third-order valence-electron chi connectivity index (χ3n) is 3.85. The Morgan fingerprint density at radius 3 is 2.37 bits per heavy atom. The summed E-state index contributed by atoms with van der Waals surface area (Å²) in [4.78, 5) is 25.8. The quantitative estimate of drug-likeness (QED) is 0.363. The first-order valence-electron chi connectivity index (χ1n) is 8.50. The Kier molecular flexibility index (Phi) is 7.78. The van der Waals surface area contributed by atoms with E-state index in [1.165, 1.54) is 0 Å². The number of hydrazone groups is 1. The number of nitrogens with one attached hydrogen (secondary N) is 2. The third kappa shape index (κ3) is 7.01. The van der Waals surface area contributed by atoms with Crippen molar-refractivity contribution < 1.29 is 9.59 Å². The van der Waals surface area contributed by atoms with Gasteiger partial charge >= 0.3 is 0 Å². The molecule has 0 bridgehead atoms. The van der Waals surface area contributed by atoms with Gasteiger partial charge in [-0.15, -0.1) is 0 Å². The molecule has 2 aromatic rings. The van der Waals surface area contributed by atoms with Crippen molar-refractivity contribution in [2.75, 3.05) is 24.3 Å². The molecule has 0 aromatic heterocycles. The average Bonchev–Trinajstić information content (AvgIpc) is 2.63. The number of carbonyl (C=O) groups excluding carboxylic acids is 2. The topological polar surface area (TPSA) is 73.8 Å². The number of amides is 2. The van der Waals surface area contributed by atoms with Crippen LogP contribution < -0.4 is 15.6 Å². The number of anilines is 2. The molecule has 0 aliphatic heterocycles. The highest BCUT2D eigenvalue weighted by atomic mass is 127. The number of nitrogens with zero attached hydrogens (tertiary/aromatic N) is 2. The molecular weight excluding hydrogens is 455 g/mol. The van der Waals surface area contributed by atoms with Crippen LogP contribution in [0.15, 0.2) is 47.6 Å². The number of aryl methyl sites for hydroxylation is 1. The van der Waals surface area contributed by atoms with Crippen molar-refractivity contribution in [2.45, 2.75) is 19.8 Å². The molecule has 2 aromatic carbocycles. The third-order valence-corrected chi connectivity index (χ3v) is 4.53. The van der Waals surface area contributed by atoms with Crippen molar-refractivity contribution >= 4 is 52.0 Å². The fourth-order valence-corrected chi connectivity index (χ4v) is 2.95. The molecule has 2 amide bonds. The number of rotatable bonds is 7. The summed E-state index contributed by atoms with van der Waals surface area (Å²) in [6.07, 6.45) is 1.75. The van der Waals surface area contributed by atoms with E-state index in [-0.39, 0.29) is 24.7 Å². The Bertz CT molecular complexity index is 832. The molecular formula is C20H23IN4O2. The van der Waals surface area contributed by atoms with E-state index in [1.807, 2.05) is 68.4 Å². The van der Waals surface area contributed by atoms with E-state index in [2.05, 4.69) is 38.4 Å². The highest BCUT2D eigenvalue weighted by molar-refractivity contribution is 14.1. The van der Waals surface area contributed by atoms with Crippen molar-refractivity contribution in [3.05, 3.63) is 57.2 Å². The van der Waals surface area contributed by atoms with Gasteiger partial charge in [-0.3, -0.25) is 9.59 Å². The van der Waals surface area contributed by atoms with E-state index < -0.39 is 0 Å². The van der Waals surface area contributed by atoms with Crippen molar-refractivity contribution in [2.24, 2.45) is 5.10 Å². The number of hydrogen-bond acceptors (Lipinski definition) is 4. The van der Waals surface area contributed by atoms with Gasteiger partial charge in [0.25, 0.3) is 0 Å². The van der Waals surface area contributed by atoms with Crippen LogP contribution in [0.3, 0.4) is 0 Å². The number of carbonyl (C=O) groups is 2. The van der Waals surface area contributed by atoms with Gasteiger partial charge in [-0.25, -0.2) is 5.43 Å². The maximum absolute atomic E-state index is 12.0. The van der Waals surface area contributed by atoms with E-state index >= 15 is 0 Å². The summed E-state index contributed by atoms with van der Waals surface area (Å²) in [5.41, 5.74) is 6.17. The van der Waals surface area contributed by atoms with Gasteiger partial charge in [0.05, 0.1) is 6.21 Å². The summed E-state index contributed by atoms with van der Waals surface area (Å²) in [6, 6.07) is 13.6. The van der Waals surface area contributed by atoms with E-state index in [4.69, 9.17) is 0 Å². The second-order valence-corrected chi connectivity index (χ2v) is 7.53. The first kappa shape index (κ1) is 20.9. The van der Waals surface area contributed by atoms with Gasteiger partial charge in [-0.05, 0) is 71.0 Å². The Labute approximate surface area is 173 Å². The molecule has 0 aliphatic rings. The van der Waals surface area contributed by atoms with Crippen LogP contribution in [0.2, 0.25) is 0 Å². The van der Waals surface area contributed by atoms with Crippen molar-refractivity contribution in [1.29, 1.82) is 0 Å². The molecule has 0 radical (unpaired) electrons. The minimum atomic E-state index is -0.300. The zero-order chi connectivity index (χ0) is 19.8. The Balaban J connectivity index is 1.76. The summed E-state index contributed by atoms with van der Waals surface area (Å²) in [6.45, 7) is 1.93. The monoisotopic (exact) mass is 478 g/mol. The summed E-state index contributed by atoms with van der Waals surface area (Å²) in [5, 5.41) is 6.76. The first-order chi connectivity index (χ1) is 12.8. The van der Waals surface area contributed by atoms with Gasteiger partial charge < -0.3 is 10.2 Å². The van der Waals surface area contributed by atoms with Crippen LogP contribution >= 0.6 is 22.6 Å². The number of benzene rings is 2. The fraction of sp³-hybridized carbons (Fsp3) is 0.250. The second-order valence-electron chi connectivity index (χ2n) is 6.29. The maximum atomic E-state index is 12.0. The minimum Gasteiger partial charge on any atom is -0.378 e. The Morgan fingerprint density at radius 1 is 1.07 bits per heavy atom. The largest absolute Gasteiger partial charge is 0.378 e. The average molecular weight is 478 g/mol. The molecule has 27 heavy (non-hydrogen) atoms. The molecule has 7 heteroatoms. The van der Waals surface area contributed by atoms with Gasteiger partial charge in [-0.2, -0.15) is 5.10 Å². The normalized spacial score (nSPS) is 10.7. The molecule has 0 unspecified atom stereocenters. The minimum absolute atomic E-state index is 0.0756. The van der Waals surface area contributed by atoms with E-state index in [0.717, 1.165) is 26.1 Å². The molecule has 142 valence electrons. The summed E-state index contributed by atoms with van der Waals surface area (Å²) in [5.74, 6) is -0.497. The Hall–Kier alpha value is -2.42.